The molecule has 0 radical (unpaired) electrons. The third-order valence-corrected chi connectivity index (χ3v) is 5.40. The van der Waals surface area contributed by atoms with Gasteiger partial charge in [-0.2, -0.15) is 0 Å². The van der Waals surface area contributed by atoms with Crippen LogP contribution in [0.25, 0.3) is 0 Å². The molecule has 4 nitrogen and oxygen atoms in total. The lowest BCUT2D eigenvalue weighted by atomic mass is 9.96. The summed E-state index contributed by atoms with van der Waals surface area (Å²) in [5, 5.41) is 0. The van der Waals surface area contributed by atoms with Crippen LogP contribution in [0.1, 0.15) is 53.5 Å². The Morgan fingerprint density at radius 1 is 1.23 bits per heavy atom. The molecule has 1 aliphatic rings. The summed E-state index contributed by atoms with van der Waals surface area (Å²) in [5.41, 5.74) is 10.4. The van der Waals surface area contributed by atoms with Crippen molar-refractivity contribution in [2.24, 2.45) is 5.73 Å². The Morgan fingerprint density at radius 3 is 2.58 bits per heavy atom. The maximum atomic E-state index is 13.2. The highest BCUT2D eigenvalue weighted by atomic mass is 35.5. The molecule has 1 fully saturated rings. The van der Waals surface area contributed by atoms with Gasteiger partial charge >= 0.3 is 0 Å². The number of carbonyl (C=O) groups excluding carboxylic acids is 1. The fraction of sp³-hybridized carbons (Fsp3) is 0.476. The molecule has 0 spiro atoms. The van der Waals surface area contributed by atoms with E-state index < -0.39 is 0 Å². The fourth-order valence-electron chi connectivity index (χ4n) is 3.94. The van der Waals surface area contributed by atoms with E-state index in [2.05, 4.69) is 35.8 Å². The van der Waals surface area contributed by atoms with Crippen LogP contribution in [0.4, 0.5) is 0 Å². The number of nitrogens with zero attached hydrogens (tertiary/aromatic N) is 2. The lowest BCUT2D eigenvalue weighted by Gasteiger charge is -2.38. The first kappa shape index (κ1) is 20.5. The first-order valence-corrected chi connectivity index (χ1v) is 9.26. The number of hydrogen-bond acceptors (Lipinski definition) is 2. The summed E-state index contributed by atoms with van der Waals surface area (Å²) in [5.74, 6) is 0.134. The number of benzene rings is 1. The van der Waals surface area contributed by atoms with Gasteiger partial charge in [-0.1, -0.05) is 30.3 Å². The van der Waals surface area contributed by atoms with Gasteiger partial charge in [-0.05, 0) is 51.7 Å². The molecule has 0 aliphatic carbocycles. The van der Waals surface area contributed by atoms with Crippen LogP contribution < -0.4 is 5.73 Å². The summed E-state index contributed by atoms with van der Waals surface area (Å²) >= 11 is 0. The van der Waals surface area contributed by atoms with Gasteiger partial charge in [0.05, 0.1) is 5.56 Å². The number of aromatic nitrogens is 1. The highest BCUT2D eigenvalue weighted by molar-refractivity contribution is 5.96. The van der Waals surface area contributed by atoms with E-state index in [0.29, 0.717) is 0 Å². The van der Waals surface area contributed by atoms with Crippen LogP contribution in [0.5, 0.6) is 0 Å². The number of hydrogen-bond donors (Lipinski definition) is 1. The zero-order valence-corrected chi connectivity index (χ0v) is 16.8. The molecule has 2 N–H and O–H groups in total. The molecule has 2 aromatic rings. The topological polar surface area (TPSA) is 51.3 Å². The minimum atomic E-state index is 0. The molecule has 1 aromatic heterocycles. The summed E-state index contributed by atoms with van der Waals surface area (Å²) in [6.45, 7) is 7.74. The van der Waals surface area contributed by atoms with Gasteiger partial charge in [0, 0.05) is 36.6 Å². The van der Waals surface area contributed by atoms with Crippen molar-refractivity contribution >= 4 is 18.3 Å². The van der Waals surface area contributed by atoms with Crippen molar-refractivity contribution in [3.8, 4) is 0 Å². The molecular weight excluding hydrogens is 346 g/mol. The summed E-state index contributed by atoms with van der Waals surface area (Å²) in [6, 6.07) is 12.6. The van der Waals surface area contributed by atoms with Crippen molar-refractivity contribution in [1.29, 1.82) is 0 Å². The molecule has 0 saturated carbocycles. The van der Waals surface area contributed by atoms with Crippen LogP contribution in [-0.2, 0) is 6.54 Å². The number of aryl methyl sites for hydroxylation is 1. The Morgan fingerprint density at radius 2 is 1.92 bits per heavy atom. The number of amides is 1. The number of piperidine rings is 1. The molecule has 1 amide bonds. The maximum Gasteiger partial charge on any atom is 0.255 e. The van der Waals surface area contributed by atoms with E-state index >= 15 is 0 Å². The normalized spacial score (nSPS) is 18.3. The molecule has 26 heavy (non-hydrogen) atoms. The van der Waals surface area contributed by atoms with Crippen LogP contribution in [0.2, 0.25) is 0 Å². The van der Waals surface area contributed by atoms with Gasteiger partial charge in [-0.15, -0.1) is 12.4 Å². The quantitative estimate of drug-likeness (QED) is 0.880. The molecule has 2 heterocycles. The average molecular weight is 376 g/mol. The van der Waals surface area contributed by atoms with E-state index in [4.69, 9.17) is 5.73 Å². The Labute approximate surface area is 162 Å². The third kappa shape index (κ3) is 4.13. The van der Waals surface area contributed by atoms with Gasteiger partial charge in [-0.3, -0.25) is 4.79 Å². The number of likely N-dealkylation sites (tertiary alicyclic amines) is 1. The molecular formula is C21H30ClN3O. The van der Waals surface area contributed by atoms with Crippen LogP contribution in [0.3, 0.4) is 0 Å². The first-order valence-electron chi connectivity index (χ1n) is 9.26. The van der Waals surface area contributed by atoms with Gasteiger partial charge in [0.25, 0.3) is 5.91 Å². The summed E-state index contributed by atoms with van der Waals surface area (Å²) in [7, 11) is 0. The number of nitrogens with two attached hydrogens (primary N) is 1. The van der Waals surface area contributed by atoms with Crippen molar-refractivity contribution in [1.82, 2.24) is 9.47 Å². The Bertz CT molecular complexity index is 739. The second kappa shape index (κ2) is 8.74. The van der Waals surface area contributed by atoms with Gasteiger partial charge < -0.3 is 15.2 Å². The molecule has 2 unspecified atom stereocenters. The molecule has 3 rings (SSSR count). The number of rotatable bonds is 4. The Balaban J connectivity index is 0.00000243. The van der Waals surface area contributed by atoms with Crippen LogP contribution in [0.15, 0.2) is 36.4 Å². The van der Waals surface area contributed by atoms with E-state index in [1.165, 1.54) is 5.56 Å². The van der Waals surface area contributed by atoms with Gasteiger partial charge in [0.15, 0.2) is 0 Å². The molecule has 2 atom stereocenters. The standard InChI is InChI=1S/C21H29N3O.ClH/c1-15-13-19(17(3)24(15)14-18-9-5-4-6-10-18)21(25)23-12-8-7-11-20(23)16(2)22;/h4-6,9-10,13,16,20H,7-8,11-12,14,22H2,1-3H3;1H. The van der Waals surface area contributed by atoms with E-state index in [0.717, 1.165) is 49.3 Å². The summed E-state index contributed by atoms with van der Waals surface area (Å²) < 4.78 is 2.23. The van der Waals surface area contributed by atoms with Crippen molar-refractivity contribution < 1.29 is 4.79 Å². The van der Waals surface area contributed by atoms with Gasteiger partial charge in [0.1, 0.15) is 0 Å². The van der Waals surface area contributed by atoms with E-state index in [-0.39, 0.29) is 30.4 Å². The highest BCUT2D eigenvalue weighted by Crippen LogP contribution is 2.25. The predicted molar refractivity (Wildman–Crippen MR) is 109 cm³/mol. The Kier molecular flexibility index (Phi) is 6.90. The minimum Gasteiger partial charge on any atom is -0.344 e. The second-order valence-corrected chi connectivity index (χ2v) is 7.28. The molecule has 1 aliphatic heterocycles. The van der Waals surface area contributed by atoms with Crippen molar-refractivity contribution in [2.45, 2.75) is 58.7 Å². The first-order chi connectivity index (χ1) is 12.0. The smallest absolute Gasteiger partial charge is 0.255 e. The lowest BCUT2D eigenvalue weighted by molar-refractivity contribution is 0.0583. The molecule has 1 aromatic carbocycles. The molecule has 1 saturated heterocycles. The fourth-order valence-corrected chi connectivity index (χ4v) is 3.94. The van der Waals surface area contributed by atoms with Gasteiger partial charge in [-0.25, -0.2) is 0 Å². The number of carbonyl (C=O) groups is 1. The molecule has 0 bridgehead atoms. The summed E-state index contributed by atoms with van der Waals surface area (Å²) in [6.07, 6.45) is 3.23. The maximum absolute atomic E-state index is 13.2. The highest BCUT2D eigenvalue weighted by Gasteiger charge is 2.31. The van der Waals surface area contributed by atoms with E-state index in [9.17, 15) is 4.79 Å². The third-order valence-electron chi connectivity index (χ3n) is 5.40. The minimum absolute atomic E-state index is 0. The van der Waals surface area contributed by atoms with Gasteiger partial charge in [0.2, 0.25) is 0 Å². The van der Waals surface area contributed by atoms with Crippen LogP contribution >= 0.6 is 12.4 Å². The zero-order valence-electron chi connectivity index (χ0n) is 15.9. The average Bonchev–Trinajstić information content (AvgIpc) is 2.90. The zero-order chi connectivity index (χ0) is 18.0. The number of halogens is 1. The summed E-state index contributed by atoms with van der Waals surface area (Å²) in [4.78, 5) is 15.2. The SMILES string of the molecule is Cc1cc(C(=O)N2CCCCC2C(C)N)c(C)n1Cc1ccccc1.Cl. The molecule has 142 valence electrons. The van der Waals surface area contributed by atoms with Crippen LogP contribution in [0, 0.1) is 13.8 Å². The van der Waals surface area contributed by atoms with Crippen molar-refractivity contribution in [2.75, 3.05) is 6.54 Å². The van der Waals surface area contributed by atoms with E-state index in [1.807, 2.05) is 30.9 Å². The van der Waals surface area contributed by atoms with Crippen molar-refractivity contribution in [3.63, 3.8) is 0 Å². The largest absolute Gasteiger partial charge is 0.344 e. The van der Waals surface area contributed by atoms with E-state index in [1.54, 1.807) is 0 Å². The lowest BCUT2D eigenvalue weighted by Crippen LogP contribution is -2.51. The second-order valence-electron chi connectivity index (χ2n) is 7.28. The van der Waals surface area contributed by atoms with Crippen LogP contribution in [-0.4, -0.2) is 34.0 Å². The Hall–Kier alpha value is -1.78. The van der Waals surface area contributed by atoms with Crippen molar-refractivity contribution in [3.05, 3.63) is 58.9 Å². The predicted octanol–water partition coefficient (Wildman–Crippen LogP) is 3.92. The molecule has 5 heteroatoms. The monoisotopic (exact) mass is 375 g/mol.